The average Bonchev–Trinajstić information content (AvgIpc) is 2.54. The van der Waals surface area contributed by atoms with Crippen LogP contribution in [0.25, 0.3) is 6.08 Å². The van der Waals surface area contributed by atoms with Gasteiger partial charge >= 0.3 is 6.03 Å². The maximum Gasteiger partial charge on any atom is 0.315 e. The predicted molar refractivity (Wildman–Crippen MR) is 86.8 cm³/mol. The van der Waals surface area contributed by atoms with Crippen LogP contribution in [0.2, 0.25) is 0 Å². The Morgan fingerprint density at radius 3 is 2.29 bits per heavy atom. The van der Waals surface area contributed by atoms with Crippen LogP contribution < -0.4 is 10.6 Å². The molecule has 0 radical (unpaired) electrons. The Kier molecular flexibility index (Phi) is 6.07. The summed E-state index contributed by atoms with van der Waals surface area (Å²) in [6, 6.07) is 19.8. The van der Waals surface area contributed by atoms with Crippen LogP contribution in [0.5, 0.6) is 0 Å². The number of carbonyl (C=O) groups excluding carboxylic acids is 1. The van der Waals surface area contributed by atoms with Crippen LogP contribution in [-0.4, -0.2) is 12.6 Å². The smallest absolute Gasteiger partial charge is 0.315 e. The third-order valence-corrected chi connectivity index (χ3v) is 3.00. The molecule has 0 spiro atoms. The molecule has 0 heterocycles. The molecule has 21 heavy (non-hydrogen) atoms. The molecule has 0 aliphatic rings. The molecule has 2 aromatic carbocycles. The van der Waals surface area contributed by atoms with Gasteiger partial charge in [0.25, 0.3) is 0 Å². The van der Waals surface area contributed by atoms with Gasteiger partial charge in [-0.3, -0.25) is 0 Å². The summed E-state index contributed by atoms with van der Waals surface area (Å²) in [5, 5.41) is 5.67. The van der Waals surface area contributed by atoms with Crippen molar-refractivity contribution < 1.29 is 4.79 Å². The molecule has 108 valence electrons. The van der Waals surface area contributed by atoms with E-state index in [2.05, 4.69) is 34.9 Å². The molecular weight excluding hydrogens is 260 g/mol. The summed E-state index contributed by atoms with van der Waals surface area (Å²) < 4.78 is 0. The van der Waals surface area contributed by atoms with Crippen molar-refractivity contribution in [3.8, 4) is 0 Å². The molecule has 0 aliphatic heterocycles. The van der Waals surface area contributed by atoms with E-state index in [4.69, 9.17) is 0 Å². The zero-order valence-corrected chi connectivity index (χ0v) is 12.0. The SMILES string of the molecule is O=C(NCC/C=C/c1ccccc1)NCc1ccccc1. The summed E-state index contributed by atoms with van der Waals surface area (Å²) in [5.74, 6) is 0. The molecular formula is C18H20N2O. The van der Waals surface area contributed by atoms with Crippen LogP contribution in [0.1, 0.15) is 17.5 Å². The fourth-order valence-electron chi connectivity index (χ4n) is 1.89. The van der Waals surface area contributed by atoms with Crippen molar-refractivity contribution in [1.82, 2.24) is 10.6 Å². The Labute approximate surface area is 125 Å². The highest BCUT2D eigenvalue weighted by molar-refractivity contribution is 5.73. The third-order valence-electron chi connectivity index (χ3n) is 3.00. The van der Waals surface area contributed by atoms with Crippen molar-refractivity contribution in [3.05, 3.63) is 77.9 Å². The van der Waals surface area contributed by atoms with Gasteiger partial charge in [0.2, 0.25) is 0 Å². The van der Waals surface area contributed by atoms with Crippen molar-refractivity contribution in [2.45, 2.75) is 13.0 Å². The first-order valence-corrected chi connectivity index (χ1v) is 7.12. The van der Waals surface area contributed by atoms with Gasteiger partial charge in [-0.15, -0.1) is 0 Å². The Morgan fingerprint density at radius 2 is 1.57 bits per heavy atom. The lowest BCUT2D eigenvalue weighted by atomic mass is 10.2. The van der Waals surface area contributed by atoms with E-state index in [1.165, 1.54) is 5.56 Å². The van der Waals surface area contributed by atoms with Gasteiger partial charge < -0.3 is 10.6 Å². The maximum atomic E-state index is 11.6. The molecule has 2 amide bonds. The summed E-state index contributed by atoms with van der Waals surface area (Å²) in [4.78, 5) is 11.6. The number of urea groups is 1. The zero-order chi connectivity index (χ0) is 14.8. The largest absolute Gasteiger partial charge is 0.338 e. The van der Waals surface area contributed by atoms with E-state index in [1.54, 1.807) is 0 Å². The number of rotatable bonds is 6. The highest BCUT2D eigenvalue weighted by Gasteiger charge is 1.98. The molecule has 3 nitrogen and oxygen atoms in total. The predicted octanol–water partition coefficient (Wildman–Crippen LogP) is 3.59. The molecule has 0 aliphatic carbocycles. The molecule has 0 aromatic heterocycles. The van der Waals surface area contributed by atoms with Crippen LogP contribution >= 0.6 is 0 Å². The van der Waals surface area contributed by atoms with Gasteiger partial charge in [-0.05, 0) is 17.5 Å². The van der Waals surface area contributed by atoms with Gasteiger partial charge in [0.05, 0.1) is 0 Å². The number of amides is 2. The van der Waals surface area contributed by atoms with E-state index in [-0.39, 0.29) is 6.03 Å². The van der Waals surface area contributed by atoms with E-state index in [1.807, 2.05) is 48.5 Å². The van der Waals surface area contributed by atoms with Crippen molar-refractivity contribution in [1.29, 1.82) is 0 Å². The number of carbonyl (C=O) groups is 1. The molecule has 0 saturated heterocycles. The highest BCUT2D eigenvalue weighted by Crippen LogP contribution is 2.01. The minimum atomic E-state index is -0.132. The molecule has 2 N–H and O–H groups in total. The van der Waals surface area contributed by atoms with E-state index in [0.29, 0.717) is 13.1 Å². The van der Waals surface area contributed by atoms with Gasteiger partial charge in [0.15, 0.2) is 0 Å². The lowest BCUT2D eigenvalue weighted by molar-refractivity contribution is 0.240. The highest BCUT2D eigenvalue weighted by atomic mass is 16.2. The van der Waals surface area contributed by atoms with Crippen LogP contribution in [0.3, 0.4) is 0 Å². The Morgan fingerprint density at radius 1 is 0.905 bits per heavy atom. The van der Waals surface area contributed by atoms with Crippen molar-refractivity contribution in [2.24, 2.45) is 0 Å². The second-order valence-electron chi connectivity index (χ2n) is 4.70. The minimum absolute atomic E-state index is 0.132. The van der Waals surface area contributed by atoms with Crippen molar-refractivity contribution in [2.75, 3.05) is 6.54 Å². The first-order chi connectivity index (χ1) is 10.3. The monoisotopic (exact) mass is 280 g/mol. The number of benzene rings is 2. The van der Waals surface area contributed by atoms with Gasteiger partial charge in [0, 0.05) is 13.1 Å². The van der Waals surface area contributed by atoms with Gasteiger partial charge in [-0.25, -0.2) is 4.79 Å². The summed E-state index contributed by atoms with van der Waals surface area (Å²) in [7, 11) is 0. The van der Waals surface area contributed by atoms with Crippen molar-refractivity contribution >= 4 is 12.1 Å². The van der Waals surface area contributed by atoms with E-state index >= 15 is 0 Å². The molecule has 3 heteroatoms. The Balaban J connectivity index is 1.60. The third kappa shape index (κ3) is 5.95. The lowest BCUT2D eigenvalue weighted by Gasteiger charge is -2.06. The summed E-state index contributed by atoms with van der Waals surface area (Å²) in [6.07, 6.45) is 4.93. The van der Waals surface area contributed by atoms with Crippen LogP contribution in [0.15, 0.2) is 66.7 Å². The standard InChI is InChI=1S/C18H20N2O/c21-18(20-15-17-12-5-2-6-13-17)19-14-8-7-11-16-9-3-1-4-10-16/h1-7,9-13H,8,14-15H2,(H2,19,20,21)/b11-7+. The van der Waals surface area contributed by atoms with E-state index < -0.39 is 0 Å². The average molecular weight is 280 g/mol. The Hall–Kier alpha value is -2.55. The molecule has 0 saturated carbocycles. The first-order valence-electron chi connectivity index (χ1n) is 7.12. The fourth-order valence-corrected chi connectivity index (χ4v) is 1.89. The van der Waals surface area contributed by atoms with Crippen LogP contribution in [-0.2, 0) is 6.54 Å². The minimum Gasteiger partial charge on any atom is -0.338 e. The molecule has 2 aromatic rings. The molecule has 2 rings (SSSR count). The van der Waals surface area contributed by atoms with E-state index in [9.17, 15) is 4.79 Å². The second kappa shape index (κ2) is 8.59. The summed E-state index contributed by atoms with van der Waals surface area (Å²) >= 11 is 0. The zero-order valence-electron chi connectivity index (χ0n) is 12.0. The van der Waals surface area contributed by atoms with Crippen LogP contribution in [0, 0.1) is 0 Å². The summed E-state index contributed by atoms with van der Waals surface area (Å²) in [6.45, 7) is 1.18. The normalized spacial score (nSPS) is 10.5. The van der Waals surface area contributed by atoms with Gasteiger partial charge in [-0.2, -0.15) is 0 Å². The van der Waals surface area contributed by atoms with Crippen LogP contribution in [0.4, 0.5) is 4.79 Å². The topological polar surface area (TPSA) is 41.1 Å². The van der Waals surface area contributed by atoms with Crippen molar-refractivity contribution in [3.63, 3.8) is 0 Å². The number of hydrogen-bond acceptors (Lipinski definition) is 1. The molecule has 0 bridgehead atoms. The fraction of sp³-hybridized carbons (Fsp3) is 0.167. The molecule has 0 fully saturated rings. The Bertz CT molecular complexity index is 564. The molecule has 0 atom stereocenters. The number of nitrogens with one attached hydrogen (secondary N) is 2. The maximum absolute atomic E-state index is 11.6. The molecule has 0 unspecified atom stereocenters. The summed E-state index contributed by atoms with van der Waals surface area (Å²) in [5.41, 5.74) is 2.27. The number of hydrogen-bond donors (Lipinski definition) is 2. The van der Waals surface area contributed by atoms with E-state index in [0.717, 1.165) is 12.0 Å². The quantitative estimate of drug-likeness (QED) is 0.780. The van der Waals surface area contributed by atoms with Gasteiger partial charge in [-0.1, -0.05) is 72.8 Å². The lowest BCUT2D eigenvalue weighted by Crippen LogP contribution is -2.35. The second-order valence-corrected chi connectivity index (χ2v) is 4.70. The van der Waals surface area contributed by atoms with Gasteiger partial charge in [0.1, 0.15) is 0 Å². The first kappa shape index (κ1) is 14.9.